The van der Waals surface area contributed by atoms with Crippen molar-refractivity contribution in [3.05, 3.63) is 89.9 Å². The van der Waals surface area contributed by atoms with Crippen molar-refractivity contribution >= 4 is 29.7 Å². The first-order chi connectivity index (χ1) is 17.2. The van der Waals surface area contributed by atoms with Crippen LogP contribution in [0.25, 0.3) is 0 Å². The highest BCUT2D eigenvalue weighted by Crippen LogP contribution is 2.25. The molecule has 1 aliphatic rings. The highest BCUT2D eigenvalue weighted by atomic mass is 16.3. The second kappa shape index (κ2) is 10.8. The van der Waals surface area contributed by atoms with Crippen molar-refractivity contribution in [1.82, 2.24) is 15.0 Å². The Hall–Kier alpha value is -4.20. The van der Waals surface area contributed by atoms with Crippen LogP contribution in [0.4, 0.5) is 23.5 Å². The standard InChI is InChI=1S/C27H29N7O/c1-20-9-11-23(12-10-20)29-25-30-26(33-28-19-24-8-5-17-35-24)32-27(31-25)34-15-13-22(14-16-34)18-21-6-3-2-4-7-21/h2-12,17,19,22H,13-16,18H2,1H3,(H2,29,30,31,32,33)/b28-19+. The number of aromatic nitrogens is 3. The van der Waals surface area contributed by atoms with Gasteiger partial charge in [-0.3, -0.25) is 0 Å². The number of rotatable bonds is 8. The van der Waals surface area contributed by atoms with Crippen molar-refractivity contribution < 1.29 is 4.42 Å². The van der Waals surface area contributed by atoms with Crippen LogP contribution in [0, 0.1) is 12.8 Å². The number of hydrazone groups is 1. The Kier molecular flexibility index (Phi) is 6.98. The predicted octanol–water partition coefficient (Wildman–Crippen LogP) is 5.42. The van der Waals surface area contributed by atoms with E-state index >= 15 is 0 Å². The van der Waals surface area contributed by atoms with Gasteiger partial charge in [-0.2, -0.15) is 20.1 Å². The zero-order valence-corrected chi connectivity index (χ0v) is 19.8. The molecule has 8 heteroatoms. The van der Waals surface area contributed by atoms with Crippen molar-refractivity contribution in [3.8, 4) is 0 Å². The maximum atomic E-state index is 5.29. The van der Waals surface area contributed by atoms with Gasteiger partial charge in [0.25, 0.3) is 0 Å². The quantitative estimate of drug-likeness (QED) is 0.264. The lowest BCUT2D eigenvalue weighted by molar-refractivity contribution is 0.400. The number of benzene rings is 2. The number of aryl methyl sites for hydroxylation is 1. The fraction of sp³-hybridized carbons (Fsp3) is 0.259. The van der Waals surface area contributed by atoms with Crippen LogP contribution in [0.15, 0.2) is 82.5 Å². The SMILES string of the molecule is Cc1ccc(Nc2nc(N/N=C/c3ccco3)nc(N3CCC(Cc4ccccc4)CC3)n2)cc1. The van der Waals surface area contributed by atoms with E-state index in [-0.39, 0.29) is 0 Å². The summed E-state index contributed by atoms with van der Waals surface area (Å²) in [6, 6.07) is 22.5. The Labute approximate surface area is 205 Å². The number of hydrogen-bond donors (Lipinski definition) is 2. The summed E-state index contributed by atoms with van der Waals surface area (Å²) in [5.41, 5.74) is 6.43. The highest BCUT2D eigenvalue weighted by molar-refractivity contribution is 5.76. The molecule has 0 spiro atoms. The second-order valence-corrected chi connectivity index (χ2v) is 8.78. The fourth-order valence-corrected chi connectivity index (χ4v) is 4.18. The number of furan rings is 1. The van der Waals surface area contributed by atoms with Gasteiger partial charge in [0.15, 0.2) is 0 Å². The summed E-state index contributed by atoms with van der Waals surface area (Å²) >= 11 is 0. The Morgan fingerprint density at radius 3 is 2.46 bits per heavy atom. The Morgan fingerprint density at radius 1 is 0.943 bits per heavy atom. The zero-order valence-electron chi connectivity index (χ0n) is 19.8. The van der Waals surface area contributed by atoms with Gasteiger partial charge in [0.2, 0.25) is 17.8 Å². The first kappa shape index (κ1) is 22.6. The third-order valence-electron chi connectivity index (χ3n) is 6.10. The van der Waals surface area contributed by atoms with Gasteiger partial charge in [0, 0.05) is 18.8 Å². The van der Waals surface area contributed by atoms with E-state index < -0.39 is 0 Å². The molecular weight excluding hydrogens is 438 g/mol. The van der Waals surface area contributed by atoms with Crippen LogP contribution in [-0.4, -0.2) is 34.3 Å². The molecule has 5 rings (SSSR count). The molecule has 0 aliphatic carbocycles. The molecule has 4 aromatic rings. The average Bonchev–Trinajstić information content (AvgIpc) is 3.40. The topological polar surface area (TPSA) is 91.5 Å². The minimum Gasteiger partial charge on any atom is -0.463 e. The van der Waals surface area contributed by atoms with Crippen molar-refractivity contribution in [3.63, 3.8) is 0 Å². The van der Waals surface area contributed by atoms with Crippen LogP contribution in [0.1, 0.15) is 29.7 Å². The number of nitrogens with one attached hydrogen (secondary N) is 2. The summed E-state index contributed by atoms with van der Waals surface area (Å²) in [6.07, 6.45) is 6.50. The van der Waals surface area contributed by atoms with Gasteiger partial charge in [-0.25, -0.2) is 5.43 Å². The van der Waals surface area contributed by atoms with Gasteiger partial charge in [-0.05, 0) is 61.9 Å². The van der Waals surface area contributed by atoms with Crippen molar-refractivity contribution in [2.75, 3.05) is 28.7 Å². The average molecular weight is 468 g/mol. The van der Waals surface area contributed by atoms with Crippen LogP contribution in [0.2, 0.25) is 0 Å². The van der Waals surface area contributed by atoms with E-state index in [1.807, 2.05) is 24.3 Å². The summed E-state index contributed by atoms with van der Waals surface area (Å²) in [4.78, 5) is 16.1. The molecule has 178 valence electrons. The lowest BCUT2D eigenvalue weighted by Gasteiger charge is -2.32. The molecule has 35 heavy (non-hydrogen) atoms. The molecule has 2 aromatic heterocycles. The van der Waals surface area contributed by atoms with E-state index in [1.54, 1.807) is 12.5 Å². The fourth-order valence-electron chi connectivity index (χ4n) is 4.18. The summed E-state index contributed by atoms with van der Waals surface area (Å²) in [5.74, 6) is 2.80. The van der Waals surface area contributed by atoms with Gasteiger partial charge < -0.3 is 14.6 Å². The van der Waals surface area contributed by atoms with Gasteiger partial charge in [0.05, 0.1) is 12.5 Å². The minimum atomic E-state index is 0.374. The van der Waals surface area contributed by atoms with E-state index in [9.17, 15) is 0 Å². The molecule has 0 saturated carbocycles. The molecule has 1 aliphatic heterocycles. The molecule has 8 nitrogen and oxygen atoms in total. The van der Waals surface area contributed by atoms with Crippen LogP contribution < -0.4 is 15.6 Å². The number of piperidine rings is 1. The third-order valence-corrected chi connectivity index (χ3v) is 6.10. The molecule has 1 fully saturated rings. The molecule has 2 aromatic carbocycles. The first-order valence-electron chi connectivity index (χ1n) is 11.9. The van der Waals surface area contributed by atoms with Gasteiger partial charge in [-0.1, -0.05) is 48.0 Å². The van der Waals surface area contributed by atoms with E-state index in [1.165, 1.54) is 11.1 Å². The molecule has 0 unspecified atom stereocenters. The molecule has 2 N–H and O–H groups in total. The lowest BCUT2D eigenvalue weighted by Crippen LogP contribution is -2.35. The second-order valence-electron chi connectivity index (χ2n) is 8.78. The Balaban J connectivity index is 1.31. The molecule has 0 atom stereocenters. The van der Waals surface area contributed by atoms with E-state index in [0.717, 1.165) is 38.0 Å². The van der Waals surface area contributed by atoms with Crippen molar-refractivity contribution in [2.24, 2.45) is 11.0 Å². The Morgan fingerprint density at radius 2 is 1.71 bits per heavy atom. The van der Waals surface area contributed by atoms with Crippen LogP contribution in [-0.2, 0) is 6.42 Å². The summed E-state index contributed by atoms with van der Waals surface area (Å²) < 4.78 is 5.29. The smallest absolute Gasteiger partial charge is 0.250 e. The largest absolute Gasteiger partial charge is 0.463 e. The molecule has 0 radical (unpaired) electrons. The molecule has 3 heterocycles. The maximum Gasteiger partial charge on any atom is 0.250 e. The van der Waals surface area contributed by atoms with Crippen LogP contribution in [0.3, 0.4) is 0 Å². The Bertz CT molecular complexity index is 1230. The highest BCUT2D eigenvalue weighted by Gasteiger charge is 2.22. The summed E-state index contributed by atoms with van der Waals surface area (Å²) in [7, 11) is 0. The molecular formula is C27H29N7O. The third kappa shape index (κ3) is 6.23. The predicted molar refractivity (Wildman–Crippen MR) is 139 cm³/mol. The molecule has 1 saturated heterocycles. The zero-order chi connectivity index (χ0) is 23.9. The lowest BCUT2D eigenvalue weighted by atomic mass is 9.90. The van der Waals surface area contributed by atoms with Gasteiger partial charge >= 0.3 is 0 Å². The van der Waals surface area contributed by atoms with Crippen LogP contribution >= 0.6 is 0 Å². The minimum absolute atomic E-state index is 0.374. The van der Waals surface area contributed by atoms with E-state index in [2.05, 4.69) is 80.1 Å². The first-order valence-corrected chi connectivity index (χ1v) is 11.9. The maximum absolute atomic E-state index is 5.29. The molecule has 0 bridgehead atoms. The van der Waals surface area contributed by atoms with E-state index in [0.29, 0.717) is 29.5 Å². The van der Waals surface area contributed by atoms with E-state index in [4.69, 9.17) is 9.40 Å². The normalized spacial score (nSPS) is 14.4. The number of hydrogen-bond acceptors (Lipinski definition) is 8. The summed E-state index contributed by atoms with van der Waals surface area (Å²) in [6.45, 7) is 3.87. The number of nitrogens with zero attached hydrogens (tertiary/aromatic N) is 5. The van der Waals surface area contributed by atoms with Crippen molar-refractivity contribution in [1.29, 1.82) is 0 Å². The van der Waals surface area contributed by atoms with Gasteiger partial charge in [0.1, 0.15) is 5.76 Å². The van der Waals surface area contributed by atoms with Crippen molar-refractivity contribution in [2.45, 2.75) is 26.2 Å². The number of anilines is 4. The van der Waals surface area contributed by atoms with Gasteiger partial charge in [-0.15, -0.1) is 0 Å². The summed E-state index contributed by atoms with van der Waals surface area (Å²) in [5, 5.41) is 7.52. The van der Waals surface area contributed by atoms with Crippen LogP contribution in [0.5, 0.6) is 0 Å². The molecule has 0 amide bonds. The monoisotopic (exact) mass is 467 g/mol.